The van der Waals surface area contributed by atoms with Crippen LogP contribution in [0, 0.1) is 11.3 Å². The summed E-state index contributed by atoms with van der Waals surface area (Å²) in [5, 5.41) is 20.1. The lowest BCUT2D eigenvalue weighted by molar-refractivity contribution is -0.0463. The maximum absolute atomic E-state index is 9.71. The van der Waals surface area contributed by atoms with Crippen molar-refractivity contribution in [3.8, 4) is 6.07 Å². The van der Waals surface area contributed by atoms with Crippen LogP contribution in [-0.4, -0.2) is 66.0 Å². The highest BCUT2D eigenvalue weighted by Crippen LogP contribution is 2.30. The Morgan fingerprint density at radius 2 is 2.18 bits per heavy atom. The van der Waals surface area contributed by atoms with Gasteiger partial charge in [-0.05, 0) is 50.6 Å². The highest BCUT2D eigenvalue weighted by molar-refractivity contribution is 5.95. The summed E-state index contributed by atoms with van der Waals surface area (Å²) in [6.45, 7) is 5.83. The smallest absolute Gasteiger partial charge is 0.101 e. The standard InChI is InChI=1S/C22H28N4O2/c1-16-12-26(14-19(28-16)13-25-10-3-2-5-18(25)15-27)21-8-7-17(11-23)22-20(21)6-4-9-24-22/h4,6-9,16,18-19,27H,2-3,5,10,12-15H2,1H3/t16-,18?,19-/m1/s1. The van der Waals surface area contributed by atoms with Crippen LogP contribution in [0.3, 0.4) is 0 Å². The van der Waals surface area contributed by atoms with E-state index in [4.69, 9.17) is 4.74 Å². The summed E-state index contributed by atoms with van der Waals surface area (Å²) < 4.78 is 6.26. The number of rotatable bonds is 4. The van der Waals surface area contributed by atoms with E-state index in [0.29, 0.717) is 5.56 Å². The fourth-order valence-electron chi connectivity index (χ4n) is 4.64. The van der Waals surface area contributed by atoms with Crippen LogP contribution in [0.2, 0.25) is 0 Å². The van der Waals surface area contributed by atoms with Gasteiger partial charge in [0.05, 0.1) is 29.9 Å². The van der Waals surface area contributed by atoms with Crippen molar-refractivity contribution in [1.29, 1.82) is 5.26 Å². The summed E-state index contributed by atoms with van der Waals surface area (Å²) in [5.41, 5.74) is 2.48. The van der Waals surface area contributed by atoms with Crippen molar-refractivity contribution in [2.24, 2.45) is 0 Å². The number of ether oxygens (including phenoxy) is 1. The first-order chi connectivity index (χ1) is 13.7. The third-order valence-electron chi connectivity index (χ3n) is 5.93. The van der Waals surface area contributed by atoms with Gasteiger partial charge in [-0.25, -0.2) is 0 Å². The van der Waals surface area contributed by atoms with Crippen LogP contribution in [-0.2, 0) is 4.74 Å². The Kier molecular flexibility index (Phi) is 5.77. The number of hydrogen-bond acceptors (Lipinski definition) is 6. The average molecular weight is 380 g/mol. The molecule has 0 bridgehead atoms. The van der Waals surface area contributed by atoms with E-state index in [1.165, 1.54) is 12.8 Å². The Morgan fingerprint density at radius 1 is 1.29 bits per heavy atom. The Balaban J connectivity index is 1.57. The summed E-state index contributed by atoms with van der Waals surface area (Å²) in [7, 11) is 0. The molecule has 2 saturated heterocycles. The fraction of sp³-hybridized carbons (Fsp3) is 0.545. The second-order valence-electron chi connectivity index (χ2n) is 7.94. The number of aliphatic hydroxyl groups is 1. The predicted octanol–water partition coefficient (Wildman–Crippen LogP) is 2.55. The average Bonchev–Trinajstić information content (AvgIpc) is 2.73. The molecule has 4 rings (SSSR count). The summed E-state index contributed by atoms with van der Waals surface area (Å²) in [6.07, 6.45) is 5.41. The van der Waals surface area contributed by atoms with Crippen molar-refractivity contribution in [3.05, 3.63) is 36.0 Å². The Morgan fingerprint density at radius 3 is 3.00 bits per heavy atom. The first-order valence-corrected chi connectivity index (χ1v) is 10.2. The zero-order chi connectivity index (χ0) is 19.5. The molecule has 1 unspecified atom stereocenters. The van der Waals surface area contributed by atoms with Crippen molar-refractivity contribution in [1.82, 2.24) is 9.88 Å². The van der Waals surface area contributed by atoms with E-state index in [1.54, 1.807) is 6.20 Å². The van der Waals surface area contributed by atoms with E-state index >= 15 is 0 Å². The van der Waals surface area contributed by atoms with Gasteiger partial charge in [0.2, 0.25) is 0 Å². The van der Waals surface area contributed by atoms with Gasteiger partial charge in [-0.2, -0.15) is 5.26 Å². The fourth-order valence-corrected chi connectivity index (χ4v) is 4.64. The zero-order valence-corrected chi connectivity index (χ0v) is 16.4. The largest absolute Gasteiger partial charge is 0.395 e. The molecule has 1 N–H and O–H groups in total. The van der Waals surface area contributed by atoms with E-state index in [2.05, 4.69) is 27.8 Å². The number of morpholine rings is 1. The van der Waals surface area contributed by atoms with Crippen molar-refractivity contribution in [2.75, 3.05) is 37.7 Å². The molecular weight excluding hydrogens is 352 g/mol. The molecule has 6 nitrogen and oxygen atoms in total. The first kappa shape index (κ1) is 19.1. The minimum Gasteiger partial charge on any atom is -0.395 e. The van der Waals surface area contributed by atoms with Gasteiger partial charge >= 0.3 is 0 Å². The molecule has 1 aromatic heterocycles. The van der Waals surface area contributed by atoms with Crippen LogP contribution in [0.15, 0.2) is 30.5 Å². The van der Waals surface area contributed by atoms with E-state index in [0.717, 1.165) is 49.2 Å². The molecule has 0 aliphatic carbocycles. The van der Waals surface area contributed by atoms with Crippen LogP contribution in [0.25, 0.3) is 10.9 Å². The third kappa shape index (κ3) is 3.83. The van der Waals surface area contributed by atoms with Gasteiger partial charge in [-0.3, -0.25) is 9.88 Å². The van der Waals surface area contributed by atoms with Gasteiger partial charge < -0.3 is 14.7 Å². The zero-order valence-electron chi connectivity index (χ0n) is 16.4. The van der Waals surface area contributed by atoms with Crippen molar-refractivity contribution in [3.63, 3.8) is 0 Å². The molecule has 2 aromatic rings. The molecule has 0 radical (unpaired) electrons. The number of nitriles is 1. The normalized spacial score (nSPS) is 26.3. The number of hydrogen-bond donors (Lipinski definition) is 1. The highest BCUT2D eigenvalue weighted by atomic mass is 16.5. The summed E-state index contributed by atoms with van der Waals surface area (Å²) in [4.78, 5) is 9.20. The highest BCUT2D eigenvalue weighted by Gasteiger charge is 2.31. The third-order valence-corrected chi connectivity index (χ3v) is 5.93. The molecule has 2 aliphatic heterocycles. The van der Waals surface area contributed by atoms with E-state index in [1.807, 2.05) is 24.3 Å². The summed E-state index contributed by atoms with van der Waals surface area (Å²) in [6, 6.07) is 10.4. The number of aromatic nitrogens is 1. The van der Waals surface area contributed by atoms with Crippen LogP contribution in [0.4, 0.5) is 5.69 Å². The van der Waals surface area contributed by atoms with Gasteiger partial charge in [0.1, 0.15) is 6.07 Å². The molecule has 148 valence electrons. The monoisotopic (exact) mass is 380 g/mol. The van der Waals surface area contributed by atoms with E-state index < -0.39 is 0 Å². The Labute approximate surface area is 166 Å². The minimum absolute atomic E-state index is 0.0956. The van der Waals surface area contributed by atoms with Crippen molar-refractivity contribution >= 4 is 16.6 Å². The Bertz CT molecular complexity index is 865. The topological polar surface area (TPSA) is 72.6 Å². The quantitative estimate of drug-likeness (QED) is 0.879. The number of fused-ring (bicyclic) bond motifs is 1. The lowest BCUT2D eigenvalue weighted by Crippen LogP contribution is -2.53. The van der Waals surface area contributed by atoms with E-state index in [-0.39, 0.29) is 24.9 Å². The van der Waals surface area contributed by atoms with Crippen LogP contribution in [0.5, 0.6) is 0 Å². The van der Waals surface area contributed by atoms with Gasteiger partial charge in [-0.15, -0.1) is 0 Å². The summed E-state index contributed by atoms with van der Waals surface area (Å²) >= 11 is 0. The number of anilines is 1. The molecule has 1 aromatic carbocycles. The van der Waals surface area contributed by atoms with Gasteiger partial charge in [0, 0.05) is 42.9 Å². The maximum Gasteiger partial charge on any atom is 0.101 e. The van der Waals surface area contributed by atoms with E-state index in [9.17, 15) is 10.4 Å². The molecular formula is C22H28N4O2. The number of piperidine rings is 1. The molecule has 6 heteroatoms. The predicted molar refractivity (Wildman–Crippen MR) is 109 cm³/mol. The lowest BCUT2D eigenvalue weighted by Gasteiger charge is -2.42. The van der Waals surface area contributed by atoms with Crippen molar-refractivity contribution < 1.29 is 9.84 Å². The molecule has 3 atom stereocenters. The summed E-state index contributed by atoms with van der Waals surface area (Å²) in [5.74, 6) is 0. The first-order valence-electron chi connectivity index (χ1n) is 10.2. The molecule has 3 heterocycles. The molecule has 28 heavy (non-hydrogen) atoms. The Hall–Kier alpha value is -2.20. The van der Waals surface area contributed by atoms with Gasteiger partial charge in [-0.1, -0.05) is 6.42 Å². The lowest BCUT2D eigenvalue weighted by atomic mass is 10.0. The molecule has 2 aliphatic rings. The van der Waals surface area contributed by atoms with Gasteiger partial charge in [0.25, 0.3) is 0 Å². The molecule has 0 saturated carbocycles. The van der Waals surface area contributed by atoms with Crippen molar-refractivity contribution in [2.45, 2.75) is 44.4 Å². The molecule has 0 spiro atoms. The minimum atomic E-state index is 0.0956. The number of nitrogens with zero attached hydrogens (tertiary/aromatic N) is 4. The van der Waals surface area contributed by atoms with Crippen LogP contribution in [0.1, 0.15) is 31.7 Å². The second-order valence-corrected chi connectivity index (χ2v) is 7.94. The number of aliphatic hydroxyl groups excluding tert-OH is 1. The van der Waals surface area contributed by atoms with Gasteiger partial charge in [0.15, 0.2) is 0 Å². The SMILES string of the molecule is C[C@@H]1CN(c2ccc(C#N)c3ncccc23)C[C@@H](CN2CCCCC2CO)O1. The van der Waals surface area contributed by atoms with Crippen LogP contribution < -0.4 is 4.90 Å². The molecule has 2 fully saturated rings. The van der Waals surface area contributed by atoms with Crippen LogP contribution >= 0.6 is 0 Å². The number of benzene rings is 1. The molecule has 0 amide bonds. The second kappa shape index (κ2) is 8.44. The number of pyridine rings is 1. The number of likely N-dealkylation sites (tertiary alicyclic amines) is 1. The maximum atomic E-state index is 9.71.